The highest BCUT2D eigenvalue weighted by molar-refractivity contribution is 5.01. The standard InChI is InChI=1S/C16H30N2/c1-13(2)9-15-10-17-16(7-3-4-8-16)12-18(15)11-14-5-6-14/h13-15,17H,3-12H2,1-2H3. The van der Waals surface area contributed by atoms with E-state index >= 15 is 0 Å². The summed E-state index contributed by atoms with van der Waals surface area (Å²) in [6, 6.07) is 0.803. The van der Waals surface area contributed by atoms with Crippen molar-refractivity contribution in [2.24, 2.45) is 11.8 Å². The number of piperazine rings is 1. The van der Waals surface area contributed by atoms with Gasteiger partial charge in [-0.05, 0) is 43.9 Å². The highest BCUT2D eigenvalue weighted by Gasteiger charge is 2.42. The smallest absolute Gasteiger partial charge is 0.0309 e. The lowest BCUT2D eigenvalue weighted by molar-refractivity contribution is 0.0655. The van der Waals surface area contributed by atoms with E-state index in [9.17, 15) is 0 Å². The molecule has 0 bridgehead atoms. The minimum Gasteiger partial charge on any atom is -0.308 e. The summed E-state index contributed by atoms with van der Waals surface area (Å²) in [6.07, 6.45) is 10.1. The second-order valence-electron chi connectivity index (χ2n) is 7.52. The molecule has 0 aromatic carbocycles. The summed E-state index contributed by atoms with van der Waals surface area (Å²) in [6.45, 7) is 8.71. The Balaban J connectivity index is 1.64. The van der Waals surface area contributed by atoms with Crippen LogP contribution in [0.2, 0.25) is 0 Å². The molecule has 1 aliphatic heterocycles. The lowest BCUT2D eigenvalue weighted by Gasteiger charge is -2.47. The zero-order valence-corrected chi connectivity index (χ0v) is 12.3. The lowest BCUT2D eigenvalue weighted by Crippen LogP contribution is -2.63. The summed E-state index contributed by atoms with van der Waals surface area (Å²) in [5, 5.41) is 3.93. The number of rotatable bonds is 4. The molecule has 0 radical (unpaired) electrons. The van der Waals surface area contributed by atoms with E-state index < -0.39 is 0 Å². The first kappa shape index (κ1) is 12.9. The van der Waals surface area contributed by atoms with Gasteiger partial charge >= 0.3 is 0 Å². The highest BCUT2D eigenvalue weighted by Crippen LogP contribution is 2.37. The predicted molar refractivity (Wildman–Crippen MR) is 76.7 cm³/mol. The molecule has 0 aromatic rings. The van der Waals surface area contributed by atoms with Gasteiger partial charge in [-0.1, -0.05) is 26.7 Å². The normalized spacial score (nSPS) is 32.5. The molecular weight excluding hydrogens is 220 g/mol. The lowest BCUT2D eigenvalue weighted by atomic mass is 9.89. The maximum absolute atomic E-state index is 3.93. The maximum atomic E-state index is 3.93. The van der Waals surface area contributed by atoms with Crippen molar-refractivity contribution >= 4 is 0 Å². The second kappa shape index (κ2) is 5.13. The molecule has 3 rings (SSSR count). The van der Waals surface area contributed by atoms with E-state index in [-0.39, 0.29) is 0 Å². The average molecular weight is 250 g/mol. The second-order valence-corrected chi connectivity index (χ2v) is 7.52. The molecule has 1 unspecified atom stereocenters. The molecule has 1 saturated heterocycles. The monoisotopic (exact) mass is 250 g/mol. The Hall–Kier alpha value is -0.0800. The fourth-order valence-electron chi connectivity index (χ4n) is 4.05. The Morgan fingerprint density at radius 2 is 1.94 bits per heavy atom. The third kappa shape index (κ3) is 2.91. The van der Waals surface area contributed by atoms with Crippen LogP contribution < -0.4 is 5.32 Å². The van der Waals surface area contributed by atoms with Crippen molar-refractivity contribution in [3.63, 3.8) is 0 Å². The van der Waals surface area contributed by atoms with Crippen LogP contribution in [0.1, 0.15) is 58.8 Å². The summed E-state index contributed by atoms with van der Waals surface area (Å²) in [5.74, 6) is 1.87. The Morgan fingerprint density at radius 3 is 2.56 bits per heavy atom. The van der Waals surface area contributed by atoms with Gasteiger partial charge in [0.1, 0.15) is 0 Å². The quantitative estimate of drug-likeness (QED) is 0.825. The van der Waals surface area contributed by atoms with Crippen LogP contribution in [0.3, 0.4) is 0 Å². The van der Waals surface area contributed by atoms with Crippen molar-refractivity contribution in [1.82, 2.24) is 10.2 Å². The van der Waals surface area contributed by atoms with Crippen molar-refractivity contribution in [2.45, 2.75) is 70.4 Å². The Morgan fingerprint density at radius 1 is 1.22 bits per heavy atom. The average Bonchev–Trinajstić information content (AvgIpc) is 3.02. The molecule has 0 aromatic heterocycles. The summed E-state index contributed by atoms with van der Waals surface area (Å²) >= 11 is 0. The van der Waals surface area contributed by atoms with Crippen LogP contribution in [-0.4, -0.2) is 36.1 Å². The van der Waals surface area contributed by atoms with E-state index in [0.717, 1.165) is 17.9 Å². The van der Waals surface area contributed by atoms with Crippen molar-refractivity contribution in [3.8, 4) is 0 Å². The molecule has 2 saturated carbocycles. The Labute approximate surface area is 113 Å². The van der Waals surface area contributed by atoms with Crippen LogP contribution in [0.25, 0.3) is 0 Å². The number of nitrogens with one attached hydrogen (secondary N) is 1. The van der Waals surface area contributed by atoms with Gasteiger partial charge in [0.05, 0.1) is 0 Å². The van der Waals surface area contributed by atoms with E-state index in [1.54, 1.807) is 0 Å². The van der Waals surface area contributed by atoms with Gasteiger partial charge in [-0.2, -0.15) is 0 Å². The number of nitrogens with zero attached hydrogens (tertiary/aromatic N) is 1. The third-order valence-electron chi connectivity index (χ3n) is 5.23. The van der Waals surface area contributed by atoms with Crippen molar-refractivity contribution in [3.05, 3.63) is 0 Å². The van der Waals surface area contributed by atoms with Crippen molar-refractivity contribution < 1.29 is 0 Å². The zero-order chi connectivity index (χ0) is 12.6. The molecule has 104 valence electrons. The number of hydrogen-bond acceptors (Lipinski definition) is 2. The topological polar surface area (TPSA) is 15.3 Å². The van der Waals surface area contributed by atoms with E-state index in [1.165, 1.54) is 64.6 Å². The van der Waals surface area contributed by atoms with Crippen molar-refractivity contribution in [2.75, 3.05) is 19.6 Å². The molecule has 1 atom stereocenters. The van der Waals surface area contributed by atoms with Crippen LogP contribution in [0.4, 0.5) is 0 Å². The molecule has 2 nitrogen and oxygen atoms in total. The molecule has 18 heavy (non-hydrogen) atoms. The van der Waals surface area contributed by atoms with Gasteiger partial charge in [-0.3, -0.25) is 4.90 Å². The fraction of sp³-hybridized carbons (Fsp3) is 1.00. The highest BCUT2D eigenvalue weighted by atomic mass is 15.3. The van der Waals surface area contributed by atoms with Crippen LogP contribution >= 0.6 is 0 Å². The van der Waals surface area contributed by atoms with E-state index in [2.05, 4.69) is 24.1 Å². The van der Waals surface area contributed by atoms with Gasteiger partial charge in [-0.15, -0.1) is 0 Å². The van der Waals surface area contributed by atoms with Crippen LogP contribution in [0.5, 0.6) is 0 Å². The third-order valence-corrected chi connectivity index (χ3v) is 5.23. The first-order valence-corrected chi connectivity index (χ1v) is 8.16. The van der Waals surface area contributed by atoms with E-state index in [4.69, 9.17) is 0 Å². The van der Waals surface area contributed by atoms with Crippen LogP contribution in [0.15, 0.2) is 0 Å². The first-order chi connectivity index (χ1) is 8.67. The summed E-state index contributed by atoms with van der Waals surface area (Å²) in [5.41, 5.74) is 0.502. The minimum absolute atomic E-state index is 0.502. The van der Waals surface area contributed by atoms with Crippen LogP contribution in [0, 0.1) is 11.8 Å². The molecule has 0 amide bonds. The van der Waals surface area contributed by atoms with Gasteiger partial charge in [0.2, 0.25) is 0 Å². The van der Waals surface area contributed by atoms with Gasteiger partial charge < -0.3 is 5.32 Å². The first-order valence-electron chi connectivity index (χ1n) is 8.16. The minimum atomic E-state index is 0.502. The van der Waals surface area contributed by atoms with E-state index in [0.29, 0.717) is 5.54 Å². The fourth-order valence-corrected chi connectivity index (χ4v) is 4.05. The SMILES string of the molecule is CC(C)CC1CNC2(CCCC2)CN1CC1CC1. The molecule has 1 spiro atoms. The van der Waals surface area contributed by atoms with Crippen LogP contribution in [-0.2, 0) is 0 Å². The van der Waals surface area contributed by atoms with Crippen molar-refractivity contribution in [1.29, 1.82) is 0 Å². The Bertz CT molecular complexity index is 277. The maximum Gasteiger partial charge on any atom is 0.0309 e. The summed E-state index contributed by atoms with van der Waals surface area (Å²) in [7, 11) is 0. The molecular formula is C16H30N2. The van der Waals surface area contributed by atoms with Gasteiger partial charge in [0, 0.05) is 31.2 Å². The molecule has 1 heterocycles. The molecule has 3 aliphatic rings. The van der Waals surface area contributed by atoms with Gasteiger partial charge in [-0.25, -0.2) is 0 Å². The molecule has 2 heteroatoms. The summed E-state index contributed by atoms with van der Waals surface area (Å²) < 4.78 is 0. The van der Waals surface area contributed by atoms with Gasteiger partial charge in [0.15, 0.2) is 0 Å². The summed E-state index contributed by atoms with van der Waals surface area (Å²) in [4.78, 5) is 2.86. The Kier molecular flexibility index (Phi) is 3.68. The molecule has 3 fully saturated rings. The van der Waals surface area contributed by atoms with E-state index in [1.807, 2.05) is 0 Å². The zero-order valence-electron chi connectivity index (χ0n) is 12.3. The molecule has 1 N–H and O–H groups in total. The predicted octanol–water partition coefficient (Wildman–Crippen LogP) is 3.03. The van der Waals surface area contributed by atoms with Gasteiger partial charge in [0.25, 0.3) is 0 Å². The largest absolute Gasteiger partial charge is 0.308 e. The number of hydrogen-bond donors (Lipinski definition) is 1. The molecule has 2 aliphatic carbocycles.